The smallest absolute Gasteiger partial charge is 0.254 e. The predicted octanol–water partition coefficient (Wildman–Crippen LogP) is 4.00. The second kappa shape index (κ2) is 8.35. The number of hydrogen-bond acceptors (Lipinski definition) is 2. The first kappa shape index (κ1) is 18.4. The minimum absolute atomic E-state index is 0.0894. The third kappa shape index (κ3) is 3.90. The number of likely N-dealkylation sites (tertiary alicyclic amines) is 1. The van der Waals surface area contributed by atoms with Gasteiger partial charge in [0.25, 0.3) is 5.91 Å². The fourth-order valence-electron chi connectivity index (χ4n) is 3.79. The largest absolute Gasteiger partial charge is 0.353 e. The van der Waals surface area contributed by atoms with E-state index >= 15 is 0 Å². The number of fused-ring (bicyclic) bond motifs is 1. The SMILES string of the molecule is CCC(CC)C(=O)NC1CCN(C(=O)c2cccc3ccccc23)CC1. The van der Waals surface area contributed by atoms with E-state index in [0.29, 0.717) is 13.1 Å². The van der Waals surface area contributed by atoms with Gasteiger partial charge in [0.05, 0.1) is 0 Å². The molecule has 4 nitrogen and oxygen atoms in total. The summed E-state index contributed by atoms with van der Waals surface area (Å²) < 4.78 is 0. The molecule has 26 heavy (non-hydrogen) atoms. The highest BCUT2D eigenvalue weighted by atomic mass is 16.2. The molecule has 2 aromatic carbocycles. The van der Waals surface area contributed by atoms with Crippen LogP contribution in [-0.2, 0) is 4.79 Å². The number of carbonyl (C=O) groups excluding carboxylic acids is 2. The molecule has 1 aliphatic heterocycles. The van der Waals surface area contributed by atoms with Crippen molar-refractivity contribution < 1.29 is 9.59 Å². The molecule has 0 saturated carbocycles. The Morgan fingerprint density at radius 2 is 1.69 bits per heavy atom. The minimum Gasteiger partial charge on any atom is -0.353 e. The standard InChI is InChI=1S/C22H28N2O2/c1-3-16(4-2)21(25)23-18-12-14-24(15-13-18)22(26)20-11-7-9-17-8-5-6-10-19(17)20/h5-11,16,18H,3-4,12-15H2,1-2H3,(H,23,25). The molecule has 1 fully saturated rings. The van der Waals surface area contributed by atoms with E-state index in [1.807, 2.05) is 47.4 Å². The van der Waals surface area contributed by atoms with Gasteiger partial charge in [-0.2, -0.15) is 0 Å². The van der Waals surface area contributed by atoms with Crippen molar-refractivity contribution in [2.24, 2.45) is 5.92 Å². The Balaban J connectivity index is 1.63. The van der Waals surface area contributed by atoms with Gasteiger partial charge in [0, 0.05) is 30.6 Å². The Morgan fingerprint density at radius 1 is 1.04 bits per heavy atom. The summed E-state index contributed by atoms with van der Waals surface area (Å²) in [5.41, 5.74) is 0.766. The number of nitrogens with zero attached hydrogens (tertiary/aromatic N) is 1. The average molecular weight is 352 g/mol. The molecule has 0 radical (unpaired) electrons. The molecule has 1 saturated heterocycles. The third-order valence-corrected chi connectivity index (χ3v) is 5.50. The van der Waals surface area contributed by atoms with Crippen LogP contribution < -0.4 is 5.32 Å². The number of rotatable bonds is 5. The van der Waals surface area contributed by atoms with Gasteiger partial charge in [-0.1, -0.05) is 50.2 Å². The van der Waals surface area contributed by atoms with E-state index in [1.54, 1.807) is 0 Å². The number of benzene rings is 2. The summed E-state index contributed by atoms with van der Waals surface area (Å²) in [5.74, 6) is 0.353. The molecule has 3 rings (SSSR count). The molecule has 138 valence electrons. The molecule has 2 amide bonds. The van der Waals surface area contributed by atoms with Crippen LogP contribution in [0, 0.1) is 5.92 Å². The van der Waals surface area contributed by atoms with Crippen LogP contribution in [0.3, 0.4) is 0 Å². The normalized spacial score (nSPS) is 15.4. The lowest BCUT2D eigenvalue weighted by molar-refractivity contribution is -0.126. The van der Waals surface area contributed by atoms with Crippen LogP contribution in [0.4, 0.5) is 0 Å². The first-order valence-electron chi connectivity index (χ1n) is 9.71. The molecule has 0 unspecified atom stereocenters. The zero-order valence-electron chi connectivity index (χ0n) is 15.7. The molecular formula is C22H28N2O2. The number of amides is 2. The van der Waals surface area contributed by atoms with Gasteiger partial charge in [0.1, 0.15) is 0 Å². The summed E-state index contributed by atoms with van der Waals surface area (Å²) in [7, 11) is 0. The van der Waals surface area contributed by atoms with E-state index in [4.69, 9.17) is 0 Å². The van der Waals surface area contributed by atoms with E-state index in [1.165, 1.54) is 0 Å². The molecule has 4 heteroatoms. The number of hydrogen-bond donors (Lipinski definition) is 1. The minimum atomic E-state index is 0.0894. The van der Waals surface area contributed by atoms with Crippen molar-refractivity contribution in [1.29, 1.82) is 0 Å². The van der Waals surface area contributed by atoms with Crippen LogP contribution in [0.25, 0.3) is 10.8 Å². The Kier molecular flexibility index (Phi) is 5.92. The van der Waals surface area contributed by atoms with Gasteiger partial charge in [-0.25, -0.2) is 0 Å². The van der Waals surface area contributed by atoms with Crippen molar-refractivity contribution in [1.82, 2.24) is 10.2 Å². The van der Waals surface area contributed by atoms with Gasteiger partial charge in [-0.15, -0.1) is 0 Å². The first-order chi connectivity index (χ1) is 12.6. The highest BCUT2D eigenvalue weighted by Gasteiger charge is 2.26. The van der Waals surface area contributed by atoms with Crippen LogP contribution in [-0.4, -0.2) is 35.8 Å². The van der Waals surface area contributed by atoms with E-state index in [9.17, 15) is 9.59 Å². The molecule has 0 atom stereocenters. The zero-order chi connectivity index (χ0) is 18.5. The fraction of sp³-hybridized carbons (Fsp3) is 0.455. The van der Waals surface area contributed by atoms with Crippen LogP contribution in [0.2, 0.25) is 0 Å². The van der Waals surface area contributed by atoms with Crippen LogP contribution >= 0.6 is 0 Å². The summed E-state index contributed by atoms with van der Waals surface area (Å²) in [5, 5.41) is 5.27. The average Bonchev–Trinajstić information content (AvgIpc) is 2.68. The number of piperidine rings is 1. The summed E-state index contributed by atoms with van der Waals surface area (Å²) >= 11 is 0. The summed E-state index contributed by atoms with van der Waals surface area (Å²) in [4.78, 5) is 27.2. The van der Waals surface area contributed by atoms with Gasteiger partial charge < -0.3 is 10.2 Å². The number of carbonyl (C=O) groups is 2. The Bertz CT molecular complexity index is 769. The highest BCUT2D eigenvalue weighted by molar-refractivity contribution is 6.07. The van der Waals surface area contributed by atoms with Gasteiger partial charge in [0.2, 0.25) is 5.91 Å². The van der Waals surface area contributed by atoms with Crippen LogP contribution in [0.15, 0.2) is 42.5 Å². The summed E-state index contributed by atoms with van der Waals surface area (Å²) in [6.07, 6.45) is 3.40. The molecule has 0 spiro atoms. The summed E-state index contributed by atoms with van der Waals surface area (Å²) in [6, 6.07) is 14.1. The van der Waals surface area contributed by atoms with E-state index in [0.717, 1.165) is 42.0 Å². The topological polar surface area (TPSA) is 49.4 Å². The van der Waals surface area contributed by atoms with Crippen molar-refractivity contribution in [2.45, 2.75) is 45.6 Å². The molecule has 0 aromatic heterocycles. The second-order valence-electron chi connectivity index (χ2n) is 7.12. The van der Waals surface area contributed by atoms with E-state index in [-0.39, 0.29) is 23.8 Å². The van der Waals surface area contributed by atoms with Gasteiger partial charge >= 0.3 is 0 Å². The maximum absolute atomic E-state index is 13.0. The molecule has 2 aromatic rings. The molecule has 1 aliphatic rings. The predicted molar refractivity (Wildman–Crippen MR) is 105 cm³/mol. The number of nitrogens with one attached hydrogen (secondary N) is 1. The molecule has 1 heterocycles. The molecule has 0 bridgehead atoms. The van der Waals surface area contributed by atoms with Crippen LogP contribution in [0.5, 0.6) is 0 Å². The lowest BCUT2D eigenvalue weighted by atomic mass is 9.98. The van der Waals surface area contributed by atoms with Crippen LogP contribution in [0.1, 0.15) is 49.9 Å². The Labute approximate surface area is 155 Å². The van der Waals surface area contributed by atoms with Gasteiger partial charge in [-0.05, 0) is 42.5 Å². The molecule has 0 aliphatic carbocycles. The lowest BCUT2D eigenvalue weighted by Crippen LogP contribution is -2.47. The first-order valence-corrected chi connectivity index (χ1v) is 9.71. The van der Waals surface area contributed by atoms with Crippen molar-refractivity contribution >= 4 is 22.6 Å². The fourth-order valence-corrected chi connectivity index (χ4v) is 3.79. The van der Waals surface area contributed by atoms with Gasteiger partial charge in [-0.3, -0.25) is 9.59 Å². The molecular weight excluding hydrogens is 324 g/mol. The van der Waals surface area contributed by atoms with E-state index in [2.05, 4.69) is 19.2 Å². The lowest BCUT2D eigenvalue weighted by Gasteiger charge is -2.33. The van der Waals surface area contributed by atoms with Crippen molar-refractivity contribution in [3.63, 3.8) is 0 Å². The second-order valence-corrected chi connectivity index (χ2v) is 7.12. The summed E-state index contributed by atoms with van der Waals surface area (Å²) in [6.45, 7) is 5.49. The van der Waals surface area contributed by atoms with E-state index < -0.39 is 0 Å². The Hall–Kier alpha value is -2.36. The monoisotopic (exact) mass is 352 g/mol. The maximum Gasteiger partial charge on any atom is 0.254 e. The quantitative estimate of drug-likeness (QED) is 0.884. The van der Waals surface area contributed by atoms with Crippen molar-refractivity contribution in [2.75, 3.05) is 13.1 Å². The third-order valence-electron chi connectivity index (χ3n) is 5.50. The highest BCUT2D eigenvalue weighted by Crippen LogP contribution is 2.22. The maximum atomic E-state index is 13.0. The Morgan fingerprint density at radius 3 is 2.38 bits per heavy atom. The van der Waals surface area contributed by atoms with Crippen molar-refractivity contribution in [3.8, 4) is 0 Å². The van der Waals surface area contributed by atoms with Gasteiger partial charge in [0.15, 0.2) is 0 Å². The molecule has 1 N–H and O–H groups in total. The zero-order valence-corrected chi connectivity index (χ0v) is 15.7. The van der Waals surface area contributed by atoms with Crippen molar-refractivity contribution in [3.05, 3.63) is 48.0 Å².